The fraction of sp³-hybridized carbons (Fsp3) is 0.235. The number of anilines is 2. The maximum atomic E-state index is 9.02. The SMILES string of the molecule is CC(C)N(Cc1cccc(N)c1)c1ccc(C#N)c(Br)c1. The lowest BCUT2D eigenvalue weighted by Crippen LogP contribution is -2.30. The number of hydrogen-bond donors (Lipinski definition) is 1. The van der Waals surface area contributed by atoms with Gasteiger partial charge in [-0.25, -0.2) is 0 Å². The molecule has 0 aromatic heterocycles. The number of nitrogens with zero attached hydrogens (tertiary/aromatic N) is 2. The Morgan fingerprint density at radius 3 is 2.57 bits per heavy atom. The molecule has 0 saturated carbocycles. The van der Waals surface area contributed by atoms with Gasteiger partial charge in [0.1, 0.15) is 6.07 Å². The van der Waals surface area contributed by atoms with Gasteiger partial charge in [-0.15, -0.1) is 0 Å². The first-order valence-electron chi connectivity index (χ1n) is 6.82. The van der Waals surface area contributed by atoms with Crippen LogP contribution in [0.3, 0.4) is 0 Å². The van der Waals surface area contributed by atoms with E-state index in [9.17, 15) is 0 Å². The van der Waals surface area contributed by atoms with E-state index in [1.54, 1.807) is 0 Å². The van der Waals surface area contributed by atoms with E-state index in [1.807, 2.05) is 36.4 Å². The quantitative estimate of drug-likeness (QED) is 0.841. The minimum atomic E-state index is 0.339. The first-order valence-corrected chi connectivity index (χ1v) is 7.61. The van der Waals surface area contributed by atoms with Gasteiger partial charge >= 0.3 is 0 Å². The van der Waals surface area contributed by atoms with Crippen LogP contribution >= 0.6 is 15.9 Å². The summed E-state index contributed by atoms with van der Waals surface area (Å²) in [6.07, 6.45) is 0. The molecule has 2 N–H and O–H groups in total. The van der Waals surface area contributed by atoms with Crippen molar-refractivity contribution < 1.29 is 0 Å². The molecule has 0 amide bonds. The molecule has 0 aliphatic carbocycles. The largest absolute Gasteiger partial charge is 0.399 e. The van der Waals surface area contributed by atoms with Crippen LogP contribution in [0.25, 0.3) is 0 Å². The number of nitrogen functional groups attached to an aromatic ring is 1. The summed E-state index contributed by atoms with van der Waals surface area (Å²) in [6, 6.07) is 16.2. The molecule has 0 fully saturated rings. The van der Waals surface area contributed by atoms with E-state index < -0.39 is 0 Å². The third kappa shape index (κ3) is 3.77. The molecule has 21 heavy (non-hydrogen) atoms. The van der Waals surface area contributed by atoms with Gasteiger partial charge in [0.05, 0.1) is 5.56 Å². The lowest BCUT2D eigenvalue weighted by Gasteiger charge is -2.29. The first kappa shape index (κ1) is 15.4. The second-order valence-corrected chi connectivity index (χ2v) is 6.10. The third-order valence-electron chi connectivity index (χ3n) is 3.33. The highest BCUT2D eigenvalue weighted by molar-refractivity contribution is 9.10. The number of benzene rings is 2. The van der Waals surface area contributed by atoms with Gasteiger partial charge in [0.2, 0.25) is 0 Å². The van der Waals surface area contributed by atoms with Gasteiger partial charge in [0.15, 0.2) is 0 Å². The van der Waals surface area contributed by atoms with Crippen LogP contribution in [0.4, 0.5) is 11.4 Å². The zero-order chi connectivity index (χ0) is 15.4. The van der Waals surface area contributed by atoms with Gasteiger partial charge in [-0.05, 0) is 65.7 Å². The Labute approximate surface area is 134 Å². The van der Waals surface area contributed by atoms with Crippen molar-refractivity contribution in [2.45, 2.75) is 26.4 Å². The normalized spacial score (nSPS) is 10.4. The average Bonchev–Trinajstić information content (AvgIpc) is 2.44. The molecule has 0 unspecified atom stereocenters. The van der Waals surface area contributed by atoms with E-state index in [4.69, 9.17) is 11.0 Å². The topological polar surface area (TPSA) is 53.0 Å². The molecule has 0 aliphatic rings. The highest BCUT2D eigenvalue weighted by Crippen LogP contribution is 2.26. The summed E-state index contributed by atoms with van der Waals surface area (Å²) in [5.74, 6) is 0. The second kappa shape index (κ2) is 6.64. The number of nitrogens with two attached hydrogens (primary N) is 1. The Morgan fingerprint density at radius 2 is 2.00 bits per heavy atom. The van der Waals surface area contributed by atoms with E-state index in [0.717, 1.165) is 22.4 Å². The van der Waals surface area contributed by atoms with E-state index in [2.05, 4.69) is 46.8 Å². The highest BCUT2D eigenvalue weighted by atomic mass is 79.9. The first-order chi connectivity index (χ1) is 10.0. The van der Waals surface area contributed by atoms with Crippen molar-refractivity contribution in [3.63, 3.8) is 0 Å². The van der Waals surface area contributed by atoms with Gasteiger partial charge in [-0.2, -0.15) is 5.26 Å². The Morgan fingerprint density at radius 1 is 1.24 bits per heavy atom. The van der Waals surface area contributed by atoms with Crippen LogP contribution in [0.2, 0.25) is 0 Å². The predicted molar refractivity (Wildman–Crippen MR) is 91.0 cm³/mol. The summed E-state index contributed by atoms with van der Waals surface area (Å²) >= 11 is 3.45. The molecule has 0 saturated heterocycles. The second-order valence-electron chi connectivity index (χ2n) is 5.24. The van der Waals surface area contributed by atoms with Gasteiger partial charge in [-0.1, -0.05) is 12.1 Å². The predicted octanol–water partition coefficient (Wildman–Crippen LogP) is 4.32. The van der Waals surface area contributed by atoms with Crippen LogP contribution in [0.5, 0.6) is 0 Å². The van der Waals surface area contributed by atoms with Crippen molar-refractivity contribution in [2.24, 2.45) is 0 Å². The van der Waals surface area contributed by atoms with Crippen LogP contribution < -0.4 is 10.6 Å². The van der Waals surface area contributed by atoms with Crippen LogP contribution in [0, 0.1) is 11.3 Å². The maximum Gasteiger partial charge on any atom is 0.100 e. The van der Waals surface area contributed by atoms with Crippen molar-refractivity contribution in [1.29, 1.82) is 5.26 Å². The summed E-state index contributed by atoms with van der Waals surface area (Å²) in [4.78, 5) is 2.28. The number of hydrogen-bond acceptors (Lipinski definition) is 3. The lowest BCUT2D eigenvalue weighted by molar-refractivity contribution is 0.682. The molecule has 3 nitrogen and oxygen atoms in total. The summed E-state index contributed by atoms with van der Waals surface area (Å²) in [5.41, 5.74) is 9.52. The van der Waals surface area contributed by atoms with E-state index in [1.165, 1.54) is 5.56 Å². The smallest absolute Gasteiger partial charge is 0.100 e. The molecule has 2 rings (SSSR count). The van der Waals surface area contributed by atoms with E-state index in [0.29, 0.717) is 11.6 Å². The molecule has 0 radical (unpaired) electrons. The van der Waals surface area contributed by atoms with Gasteiger partial charge < -0.3 is 10.6 Å². The summed E-state index contributed by atoms with van der Waals surface area (Å²) in [7, 11) is 0. The molecule has 2 aromatic rings. The summed E-state index contributed by atoms with van der Waals surface area (Å²) in [6.45, 7) is 5.08. The van der Waals surface area contributed by atoms with Gasteiger partial charge in [-0.3, -0.25) is 0 Å². The maximum absolute atomic E-state index is 9.02. The lowest BCUT2D eigenvalue weighted by atomic mass is 10.1. The van der Waals surface area contributed by atoms with E-state index >= 15 is 0 Å². The molecule has 0 heterocycles. The Kier molecular flexibility index (Phi) is 4.87. The van der Waals surface area contributed by atoms with Crippen molar-refractivity contribution in [3.05, 3.63) is 58.1 Å². The van der Waals surface area contributed by atoms with Crippen LogP contribution in [-0.4, -0.2) is 6.04 Å². The molecule has 0 aliphatic heterocycles. The minimum Gasteiger partial charge on any atom is -0.399 e. The van der Waals surface area contributed by atoms with Crippen molar-refractivity contribution in [3.8, 4) is 6.07 Å². The Bertz CT molecular complexity index is 674. The molecule has 2 aromatic carbocycles. The molecule has 4 heteroatoms. The number of rotatable bonds is 4. The fourth-order valence-corrected chi connectivity index (χ4v) is 2.69. The minimum absolute atomic E-state index is 0.339. The zero-order valence-corrected chi connectivity index (χ0v) is 13.8. The molecule has 108 valence electrons. The van der Waals surface area contributed by atoms with Gasteiger partial charge in [0.25, 0.3) is 0 Å². The van der Waals surface area contributed by atoms with Crippen molar-refractivity contribution >= 4 is 27.3 Å². The molecule has 0 atom stereocenters. The average molecular weight is 344 g/mol. The summed E-state index contributed by atoms with van der Waals surface area (Å²) < 4.78 is 0.820. The molecular weight excluding hydrogens is 326 g/mol. The van der Waals surface area contributed by atoms with Crippen LogP contribution in [0.1, 0.15) is 25.0 Å². The monoisotopic (exact) mass is 343 g/mol. The van der Waals surface area contributed by atoms with Crippen molar-refractivity contribution in [1.82, 2.24) is 0 Å². The summed E-state index contributed by atoms with van der Waals surface area (Å²) in [5, 5.41) is 9.02. The number of halogens is 1. The zero-order valence-electron chi connectivity index (χ0n) is 12.2. The van der Waals surface area contributed by atoms with Crippen LogP contribution in [-0.2, 0) is 6.54 Å². The number of nitriles is 1. The fourth-order valence-electron chi connectivity index (χ4n) is 2.23. The van der Waals surface area contributed by atoms with Crippen LogP contribution in [0.15, 0.2) is 46.9 Å². The molecule has 0 spiro atoms. The molecule has 0 bridgehead atoms. The highest BCUT2D eigenvalue weighted by Gasteiger charge is 2.13. The van der Waals surface area contributed by atoms with E-state index in [-0.39, 0.29) is 0 Å². The van der Waals surface area contributed by atoms with Crippen molar-refractivity contribution in [2.75, 3.05) is 10.6 Å². The standard InChI is InChI=1S/C17H18BrN3/c1-12(2)21(11-13-4-3-5-15(20)8-13)16-7-6-14(10-19)17(18)9-16/h3-9,12H,11,20H2,1-2H3. The Hall–Kier alpha value is -1.99. The molecular formula is C17H18BrN3. The third-order valence-corrected chi connectivity index (χ3v) is 3.99. The Balaban J connectivity index is 2.31. The van der Waals surface area contributed by atoms with Gasteiger partial charge in [0, 0.05) is 28.4 Å².